The van der Waals surface area contributed by atoms with Crippen LogP contribution >= 0.6 is 0 Å². The number of nitrogens with one attached hydrogen (secondary N) is 1. The molecule has 0 spiro atoms. The van der Waals surface area contributed by atoms with Gasteiger partial charge in [0, 0.05) is 12.1 Å². The Balaban J connectivity index is 1.93. The number of benzene rings is 1. The highest BCUT2D eigenvalue weighted by Crippen LogP contribution is 2.27. The molecule has 1 aliphatic rings. The van der Waals surface area contributed by atoms with Gasteiger partial charge in [-0.2, -0.15) is 0 Å². The molecule has 1 fully saturated rings. The van der Waals surface area contributed by atoms with Gasteiger partial charge in [0.1, 0.15) is 11.6 Å². The Bertz CT molecular complexity index is 415. The second-order valence-electron chi connectivity index (χ2n) is 5.90. The maximum absolute atomic E-state index is 13.7. The van der Waals surface area contributed by atoms with Gasteiger partial charge in [-0.25, -0.2) is 8.78 Å². The summed E-state index contributed by atoms with van der Waals surface area (Å²) < 4.78 is 26.6. The van der Waals surface area contributed by atoms with E-state index in [1.807, 2.05) is 0 Å². The van der Waals surface area contributed by atoms with Gasteiger partial charge in [-0.3, -0.25) is 11.3 Å². The highest BCUT2D eigenvalue weighted by atomic mass is 19.1. The normalized spacial score (nSPS) is 18.8. The monoisotopic (exact) mass is 282 g/mol. The lowest BCUT2D eigenvalue weighted by Crippen LogP contribution is -2.38. The minimum absolute atomic E-state index is 0.0538. The third-order valence-electron chi connectivity index (χ3n) is 4.31. The molecule has 1 aromatic carbocycles. The van der Waals surface area contributed by atoms with E-state index < -0.39 is 11.6 Å². The Morgan fingerprint density at radius 3 is 2.45 bits per heavy atom. The Hall–Kier alpha value is -1.00. The molecule has 1 aliphatic carbocycles. The number of hydrazine groups is 1. The van der Waals surface area contributed by atoms with Crippen molar-refractivity contribution >= 4 is 0 Å². The fraction of sp³-hybridized carbons (Fsp3) is 0.625. The minimum atomic E-state index is -0.535. The summed E-state index contributed by atoms with van der Waals surface area (Å²) in [6.07, 6.45) is 9.17. The van der Waals surface area contributed by atoms with Crippen LogP contribution in [0.1, 0.15) is 50.5 Å². The van der Waals surface area contributed by atoms with Crippen LogP contribution in [0.2, 0.25) is 0 Å². The summed E-state index contributed by atoms with van der Waals surface area (Å²) in [6, 6.07) is 3.81. The van der Waals surface area contributed by atoms with E-state index in [1.54, 1.807) is 0 Å². The van der Waals surface area contributed by atoms with E-state index in [0.717, 1.165) is 12.5 Å². The molecule has 2 rings (SSSR count). The highest BCUT2D eigenvalue weighted by Gasteiger charge is 2.19. The molecule has 20 heavy (non-hydrogen) atoms. The molecule has 1 aromatic rings. The molecule has 2 nitrogen and oxygen atoms in total. The van der Waals surface area contributed by atoms with E-state index in [9.17, 15) is 8.78 Å². The molecule has 4 heteroatoms. The van der Waals surface area contributed by atoms with Gasteiger partial charge in [0.25, 0.3) is 0 Å². The fourth-order valence-corrected chi connectivity index (χ4v) is 3.16. The Labute approximate surface area is 119 Å². The van der Waals surface area contributed by atoms with Crippen molar-refractivity contribution in [1.82, 2.24) is 5.43 Å². The van der Waals surface area contributed by atoms with Crippen molar-refractivity contribution < 1.29 is 8.78 Å². The van der Waals surface area contributed by atoms with E-state index in [4.69, 9.17) is 5.84 Å². The summed E-state index contributed by atoms with van der Waals surface area (Å²) in [4.78, 5) is 0. The molecule has 1 atom stereocenters. The van der Waals surface area contributed by atoms with Crippen molar-refractivity contribution in [2.24, 2.45) is 11.8 Å². The van der Waals surface area contributed by atoms with Crippen molar-refractivity contribution in [2.45, 2.75) is 57.4 Å². The fourth-order valence-electron chi connectivity index (χ4n) is 3.16. The summed E-state index contributed by atoms with van der Waals surface area (Å²) in [5, 5.41) is 0. The van der Waals surface area contributed by atoms with E-state index in [-0.39, 0.29) is 6.04 Å². The maximum Gasteiger partial charge on any atom is 0.129 e. The van der Waals surface area contributed by atoms with Crippen LogP contribution < -0.4 is 11.3 Å². The zero-order chi connectivity index (χ0) is 14.4. The number of rotatable bonds is 5. The van der Waals surface area contributed by atoms with E-state index in [1.165, 1.54) is 50.7 Å². The predicted octanol–water partition coefficient (Wildman–Crippen LogP) is 3.70. The molecular formula is C16H24F2N2. The van der Waals surface area contributed by atoms with Crippen LogP contribution in [0.15, 0.2) is 18.2 Å². The molecule has 0 saturated heterocycles. The summed E-state index contributed by atoms with van der Waals surface area (Å²) in [5.41, 5.74) is 3.33. The van der Waals surface area contributed by atoms with Gasteiger partial charge in [0.15, 0.2) is 0 Å². The van der Waals surface area contributed by atoms with E-state index in [2.05, 4.69) is 5.43 Å². The molecule has 1 unspecified atom stereocenters. The first-order valence-corrected chi connectivity index (χ1v) is 7.59. The largest absolute Gasteiger partial charge is 0.271 e. The number of nitrogens with two attached hydrogens (primary N) is 1. The zero-order valence-corrected chi connectivity index (χ0v) is 11.9. The van der Waals surface area contributed by atoms with Crippen LogP contribution in [-0.2, 0) is 6.42 Å². The van der Waals surface area contributed by atoms with Gasteiger partial charge in [-0.15, -0.1) is 0 Å². The quantitative estimate of drug-likeness (QED) is 0.491. The molecule has 0 aromatic heterocycles. The first-order valence-electron chi connectivity index (χ1n) is 7.59. The molecule has 0 heterocycles. The van der Waals surface area contributed by atoms with Crippen LogP contribution in [0, 0.1) is 17.6 Å². The maximum atomic E-state index is 13.7. The molecule has 1 saturated carbocycles. The van der Waals surface area contributed by atoms with Crippen molar-refractivity contribution in [1.29, 1.82) is 0 Å². The molecule has 112 valence electrons. The van der Waals surface area contributed by atoms with Gasteiger partial charge in [-0.05, 0) is 30.4 Å². The molecular weight excluding hydrogens is 258 g/mol. The average Bonchev–Trinajstić information content (AvgIpc) is 2.69. The third kappa shape index (κ3) is 4.53. The van der Waals surface area contributed by atoms with Crippen molar-refractivity contribution in [3.63, 3.8) is 0 Å². The van der Waals surface area contributed by atoms with E-state index in [0.29, 0.717) is 17.9 Å². The van der Waals surface area contributed by atoms with Gasteiger partial charge in [-0.1, -0.05) is 44.6 Å². The van der Waals surface area contributed by atoms with Crippen molar-refractivity contribution in [2.75, 3.05) is 0 Å². The summed E-state index contributed by atoms with van der Waals surface area (Å²) in [7, 11) is 0. The van der Waals surface area contributed by atoms with Crippen LogP contribution in [0.4, 0.5) is 8.78 Å². The minimum Gasteiger partial charge on any atom is -0.271 e. The van der Waals surface area contributed by atoms with Crippen LogP contribution in [0.5, 0.6) is 0 Å². The summed E-state index contributed by atoms with van der Waals surface area (Å²) in [6.45, 7) is 0. The molecule has 0 aliphatic heterocycles. The molecule has 3 N–H and O–H groups in total. The Morgan fingerprint density at radius 1 is 1.15 bits per heavy atom. The number of halogens is 2. The topological polar surface area (TPSA) is 38.0 Å². The predicted molar refractivity (Wildman–Crippen MR) is 77.0 cm³/mol. The van der Waals surface area contributed by atoms with Crippen LogP contribution in [0.25, 0.3) is 0 Å². The molecule has 0 amide bonds. The number of hydrogen-bond donors (Lipinski definition) is 2. The SMILES string of the molecule is NNC(Cc1ccc(F)cc1F)CC1CCCCCC1. The second-order valence-corrected chi connectivity index (χ2v) is 5.90. The summed E-state index contributed by atoms with van der Waals surface area (Å²) >= 11 is 0. The van der Waals surface area contributed by atoms with Gasteiger partial charge < -0.3 is 0 Å². The first kappa shape index (κ1) is 15.4. The standard InChI is InChI=1S/C16H24F2N2/c17-14-8-7-13(16(18)11-14)10-15(20-19)9-12-5-3-1-2-4-6-12/h7-8,11-12,15,20H,1-6,9-10,19H2. The molecule has 0 radical (unpaired) electrons. The first-order chi connectivity index (χ1) is 9.69. The Morgan fingerprint density at radius 2 is 1.85 bits per heavy atom. The lowest BCUT2D eigenvalue weighted by Gasteiger charge is -2.22. The lowest BCUT2D eigenvalue weighted by atomic mass is 9.90. The summed E-state index contributed by atoms with van der Waals surface area (Å²) in [5.74, 6) is 5.26. The highest BCUT2D eigenvalue weighted by molar-refractivity contribution is 5.19. The lowest BCUT2D eigenvalue weighted by molar-refractivity contribution is 0.350. The average molecular weight is 282 g/mol. The van der Waals surface area contributed by atoms with E-state index >= 15 is 0 Å². The van der Waals surface area contributed by atoms with Crippen LogP contribution in [-0.4, -0.2) is 6.04 Å². The van der Waals surface area contributed by atoms with Gasteiger partial charge in [0.05, 0.1) is 0 Å². The molecule has 0 bridgehead atoms. The van der Waals surface area contributed by atoms with Crippen LogP contribution in [0.3, 0.4) is 0 Å². The zero-order valence-electron chi connectivity index (χ0n) is 11.9. The number of hydrogen-bond acceptors (Lipinski definition) is 2. The van der Waals surface area contributed by atoms with Crippen molar-refractivity contribution in [3.05, 3.63) is 35.4 Å². The smallest absolute Gasteiger partial charge is 0.129 e. The second kappa shape index (κ2) is 7.70. The Kier molecular flexibility index (Phi) is 5.92. The van der Waals surface area contributed by atoms with Gasteiger partial charge in [0.2, 0.25) is 0 Å². The van der Waals surface area contributed by atoms with Crippen molar-refractivity contribution in [3.8, 4) is 0 Å². The van der Waals surface area contributed by atoms with Gasteiger partial charge >= 0.3 is 0 Å². The third-order valence-corrected chi connectivity index (χ3v) is 4.31.